The molecule has 8 nitrogen and oxygen atoms in total. The fourth-order valence-electron chi connectivity index (χ4n) is 3.64. The van der Waals surface area contributed by atoms with E-state index in [2.05, 4.69) is 20.4 Å². The van der Waals surface area contributed by atoms with Crippen molar-refractivity contribution in [2.75, 3.05) is 23.3 Å². The predicted molar refractivity (Wildman–Crippen MR) is 124 cm³/mol. The molecule has 1 saturated heterocycles. The van der Waals surface area contributed by atoms with Crippen LogP contribution in [0.4, 0.5) is 11.5 Å². The van der Waals surface area contributed by atoms with Crippen molar-refractivity contribution in [1.82, 2.24) is 10.2 Å². The molecule has 1 amide bonds. The van der Waals surface area contributed by atoms with Gasteiger partial charge < -0.3 is 10.2 Å². The normalized spacial score (nSPS) is 16.6. The molecule has 10 heteroatoms. The van der Waals surface area contributed by atoms with Crippen LogP contribution in [0.2, 0.25) is 5.02 Å². The Labute approximate surface area is 191 Å². The number of nitrogens with zero attached hydrogens (tertiary/aromatic N) is 3. The summed E-state index contributed by atoms with van der Waals surface area (Å²) in [6.45, 7) is 1.32. The SMILES string of the molecule is NS(=O)(=O)c1ccc(NC(=O)[C@@H]2CCCN(c3ccc(-c4ccc(Cl)cc4)nn3)C2)cc1. The van der Waals surface area contributed by atoms with Crippen molar-refractivity contribution in [3.63, 3.8) is 0 Å². The summed E-state index contributed by atoms with van der Waals surface area (Å²) >= 11 is 5.94. The third-order valence-corrected chi connectivity index (χ3v) is 6.54. The Bertz CT molecular complexity index is 1200. The van der Waals surface area contributed by atoms with Crippen molar-refractivity contribution >= 4 is 39.0 Å². The molecule has 1 aromatic heterocycles. The van der Waals surface area contributed by atoms with Gasteiger partial charge in [-0.05, 0) is 61.4 Å². The van der Waals surface area contributed by atoms with Gasteiger partial charge >= 0.3 is 0 Å². The number of halogens is 1. The lowest BCUT2D eigenvalue weighted by molar-refractivity contribution is -0.120. The van der Waals surface area contributed by atoms with Crippen LogP contribution in [-0.2, 0) is 14.8 Å². The first-order valence-corrected chi connectivity index (χ1v) is 12.0. The monoisotopic (exact) mass is 471 g/mol. The maximum absolute atomic E-state index is 12.8. The van der Waals surface area contributed by atoms with Crippen LogP contribution >= 0.6 is 11.6 Å². The van der Waals surface area contributed by atoms with E-state index in [-0.39, 0.29) is 16.7 Å². The minimum atomic E-state index is -3.77. The van der Waals surface area contributed by atoms with Crippen molar-refractivity contribution in [2.45, 2.75) is 17.7 Å². The van der Waals surface area contributed by atoms with E-state index >= 15 is 0 Å². The highest BCUT2D eigenvalue weighted by atomic mass is 35.5. The molecule has 1 fully saturated rings. The Morgan fingerprint density at radius 1 is 1.03 bits per heavy atom. The lowest BCUT2D eigenvalue weighted by Gasteiger charge is -2.32. The van der Waals surface area contributed by atoms with E-state index in [1.54, 1.807) is 0 Å². The van der Waals surface area contributed by atoms with Gasteiger partial charge in [-0.2, -0.15) is 0 Å². The van der Waals surface area contributed by atoms with Gasteiger partial charge in [0.25, 0.3) is 0 Å². The van der Waals surface area contributed by atoms with Crippen LogP contribution in [0.3, 0.4) is 0 Å². The van der Waals surface area contributed by atoms with Gasteiger partial charge in [0.05, 0.1) is 16.5 Å². The maximum Gasteiger partial charge on any atom is 0.238 e. The zero-order chi connectivity index (χ0) is 22.7. The summed E-state index contributed by atoms with van der Waals surface area (Å²) in [6.07, 6.45) is 1.61. The Morgan fingerprint density at radius 2 is 1.75 bits per heavy atom. The minimum Gasteiger partial charge on any atom is -0.354 e. The van der Waals surface area contributed by atoms with Crippen LogP contribution in [0.15, 0.2) is 65.6 Å². The molecule has 0 unspecified atom stereocenters. The molecule has 166 valence electrons. The topological polar surface area (TPSA) is 118 Å². The molecule has 2 aromatic carbocycles. The van der Waals surface area contributed by atoms with Gasteiger partial charge in [0.2, 0.25) is 15.9 Å². The van der Waals surface area contributed by atoms with E-state index < -0.39 is 10.0 Å². The third-order valence-electron chi connectivity index (χ3n) is 5.36. The van der Waals surface area contributed by atoms with Crippen LogP contribution in [-0.4, -0.2) is 37.6 Å². The second-order valence-corrected chi connectivity index (χ2v) is 9.63. The molecule has 0 saturated carbocycles. The van der Waals surface area contributed by atoms with Gasteiger partial charge in [-0.25, -0.2) is 13.6 Å². The molecular formula is C22H22ClN5O3S. The number of carbonyl (C=O) groups excluding carboxylic acids is 1. The highest BCUT2D eigenvalue weighted by Crippen LogP contribution is 2.25. The number of sulfonamides is 1. The maximum atomic E-state index is 12.8. The molecule has 2 heterocycles. The van der Waals surface area contributed by atoms with Crippen molar-refractivity contribution in [3.05, 3.63) is 65.7 Å². The third kappa shape index (κ3) is 5.24. The van der Waals surface area contributed by atoms with E-state index in [1.807, 2.05) is 36.4 Å². The Kier molecular flexibility index (Phi) is 6.40. The zero-order valence-electron chi connectivity index (χ0n) is 17.1. The fraction of sp³-hybridized carbons (Fsp3) is 0.227. The molecule has 1 aliphatic heterocycles. The molecule has 0 bridgehead atoms. The first-order chi connectivity index (χ1) is 15.3. The quantitative estimate of drug-likeness (QED) is 0.589. The van der Waals surface area contributed by atoms with Crippen molar-refractivity contribution in [3.8, 4) is 11.3 Å². The number of anilines is 2. The van der Waals surface area contributed by atoms with Gasteiger partial charge in [0.1, 0.15) is 0 Å². The van der Waals surface area contributed by atoms with Crippen LogP contribution in [0.1, 0.15) is 12.8 Å². The fourth-order valence-corrected chi connectivity index (χ4v) is 4.28. The van der Waals surface area contributed by atoms with Crippen molar-refractivity contribution in [2.24, 2.45) is 11.1 Å². The molecular weight excluding hydrogens is 450 g/mol. The van der Waals surface area contributed by atoms with Gasteiger partial charge in [-0.15, -0.1) is 10.2 Å². The largest absolute Gasteiger partial charge is 0.354 e. The predicted octanol–water partition coefficient (Wildman–Crippen LogP) is 3.30. The number of nitrogens with two attached hydrogens (primary N) is 1. The molecule has 3 aromatic rings. The lowest BCUT2D eigenvalue weighted by Crippen LogP contribution is -2.41. The standard InChI is InChI=1S/C22H22ClN5O3S/c23-17-5-3-15(4-6-17)20-11-12-21(27-26-20)28-13-1-2-16(14-28)22(29)25-18-7-9-19(10-8-18)32(24,30)31/h3-12,16H,1-2,13-14H2,(H,25,29)(H2,24,30,31)/t16-/m1/s1. The molecule has 1 aliphatic rings. The molecule has 3 N–H and O–H groups in total. The summed E-state index contributed by atoms with van der Waals surface area (Å²) in [5.74, 6) is 0.376. The number of hydrogen-bond acceptors (Lipinski definition) is 6. The van der Waals surface area contributed by atoms with Crippen LogP contribution in [0.25, 0.3) is 11.3 Å². The second kappa shape index (κ2) is 9.23. The summed E-state index contributed by atoms with van der Waals surface area (Å²) in [6, 6.07) is 17.0. The lowest BCUT2D eigenvalue weighted by atomic mass is 9.97. The Balaban J connectivity index is 1.40. The minimum absolute atomic E-state index is 0.0000352. The molecule has 0 aliphatic carbocycles. The van der Waals surface area contributed by atoms with Gasteiger partial charge in [0, 0.05) is 29.4 Å². The first kappa shape index (κ1) is 22.2. The number of piperidine rings is 1. The summed E-state index contributed by atoms with van der Waals surface area (Å²) in [7, 11) is -3.77. The Morgan fingerprint density at radius 3 is 2.38 bits per heavy atom. The van der Waals surface area contributed by atoms with E-state index in [0.717, 1.165) is 36.5 Å². The highest BCUT2D eigenvalue weighted by Gasteiger charge is 2.27. The molecule has 4 rings (SSSR count). The summed E-state index contributed by atoms with van der Waals surface area (Å²) in [5, 5.41) is 17.3. The number of primary sulfonamides is 1. The number of carbonyl (C=O) groups is 1. The summed E-state index contributed by atoms with van der Waals surface area (Å²) in [4.78, 5) is 14.8. The summed E-state index contributed by atoms with van der Waals surface area (Å²) < 4.78 is 22.7. The van der Waals surface area contributed by atoms with Crippen LogP contribution < -0.4 is 15.4 Å². The number of hydrogen-bond donors (Lipinski definition) is 2. The van der Waals surface area contributed by atoms with E-state index in [0.29, 0.717) is 17.3 Å². The molecule has 0 radical (unpaired) electrons. The Hall–Kier alpha value is -3.01. The van der Waals surface area contributed by atoms with Gasteiger partial charge in [-0.1, -0.05) is 23.7 Å². The zero-order valence-corrected chi connectivity index (χ0v) is 18.7. The molecule has 1 atom stereocenters. The average molecular weight is 472 g/mol. The van der Waals surface area contributed by atoms with Crippen LogP contribution in [0.5, 0.6) is 0 Å². The summed E-state index contributed by atoms with van der Waals surface area (Å²) in [5.41, 5.74) is 2.20. The number of benzene rings is 2. The number of amides is 1. The van der Waals surface area contributed by atoms with E-state index in [9.17, 15) is 13.2 Å². The highest BCUT2D eigenvalue weighted by molar-refractivity contribution is 7.89. The van der Waals surface area contributed by atoms with E-state index in [4.69, 9.17) is 16.7 Å². The molecule has 32 heavy (non-hydrogen) atoms. The van der Waals surface area contributed by atoms with Gasteiger partial charge in [0.15, 0.2) is 5.82 Å². The average Bonchev–Trinajstić information content (AvgIpc) is 2.79. The van der Waals surface area contributed by atoms with E-state index in [1.165, 1.54) is 24.3 Å². The van der Waals surface area contributed by atoms with Crippen molar-refractivity contribution in [1.29, 1.82) is 0 Å². The van der Waals surface area contributed by atoms with Crippen molar-refractivity contribution < 1.29 is 13.2 Å². The number of nitrogens with one attached hydrogen (secondary N) is 1. The second-order valence-electron chi connectivity index (χ2n) is 7.63. The van der Waals surface area contributed by atoms with Gasteiger partial charge in [-0.3, -0.25) is 4.79 Å². The molecule has 0 spiro atoms. The number of rotatable bonds is 5. The first-order valence-electron chi connectivity index (χ1n) is 10.1. The smallest absolute Gasteiger partial charge is 0.238 e. The number of aromatic nitrogens is 2. The van der Waals surface area contributed by atoms with Crippen LogP contribution in [0, 0.1) is 5.92 Å².